The summed E-state index contributed by atoms with van der Waals surface area (Å²) in [4.78, 5) is 23.9. The molecule has 1 aromatic carbocycles. The molecular formula is C22H30O4. The lowest BCUT2D eigenvalue weighted by molar-refractivity contribution is -0.161. The van der Waals surface area contributed by atoms with Crippen LogP contribution in [0.3, 0.4) is 0 Å². The van der Waals surface area contributed by atoms with Crippen molar-refractivity contribution >= 4 is 17.5 Å². The van der Waals surface area contributed by atoms with Gasteiger partial charge in [0.25, 0.3) is 0 Å². The lowest BCUT2D eigenvalue weighted by Crippen LogP contribution is -2.27. The Kier molecular flexibility index (Phi) is 10.1. The number of hydrogen-bond donors (Lipinski definition) is 0. The fourth-order valence-electron chi connectivity index (χ4n) is 2.69. The van der Waals surface area contributed by atoms with Gasteiger partial charge in [0.15, 0.2) is 5.92 Å². The first-order valence-electron chi connectivity index (χ1n) is 9.27. The molecule has 0 fully saturated rings. The van der Waals surface area contributed by atoms with Crippen LogP contribution in [0.1, 0.15) is 52.5 Å². The van der Waals surface area contributed by atoms with Crippen molar-refractivity contribution in [1.29, 1.82) is 0 Å². The summed E-state index contributed by atoms with van der Waals surface area (Å²) < 4.78 is 9.97. The summed E-state index contributed by atoms with van der Waals surface area (Å²) in [6, 6.07) is 10.3. The standard InChI is InChI=1S/C22H30O4/c1-5-18(17(4)19-14-9-8-10-15-19)13-11-12-16-20(21(23)25-6-2)22(24)26-7-3/h8-12,14-15,20H,5-7,13,16H2,1-4H3/b12-11+,18-17+. The number of esters is 2. The van der Waals surface area contributed by atoms with Crippen molar-refractivity contribution in [3.05, 3.63) is 53.6 Å². The molecule has 26 heavy (non-hydrogen) atoms. The first kappa shape index (κ1) is 21.7. The van der Waals surface area contributed by atoms with Crippen molar-refractivity contribution in [2.24, 2.45) is 5.92 Å². The molecule has 0 unspecified atom stereocenters. The molecule has 0 aliphatic rings. The van der Waals surface area contributed by atoms with Gasteiger partial charge in [0, 0.05) is 0 Å². The average Bonchev–Trinajstić information content (AvgIpc) is 2.65. The van der Waals surface area contributed by atoms with Crippen LogP contribution in [-0.2, 0) is 19.1 Å². The molecule has 1 aromatic rings. The van der Waals surface area contributed by atoms with Crippen LogP contribution in [0.4, 0.5) is 0 Å². The van der Waals surface area contributed by atoms with Crippen LogP contribution in [0.15, 0.2) is 48.1 Å². The summed E-state index contributed by atoms with van der Waals surface area (Å²) in [5.41, 5.74) is 3.81. The van der Waals surface area contributed by atoms with Crippen LogP contribution in [0.5, 0.6) is 0 Å². The van der Waals surface area contributed by atoms with Crippen molar-refractivity contribution in [1.82, 2.24) is 0 Å². The minimum atomic E-state index is -0.893. The zero-order valence-electron chi connectivity index (χ0n) is 16.3. The first-order valence-corrected chi connectivity index (χ1v) is 9.27. The van der Waals surface area contributed by atoms with Gasteiger partial charge in [0.1, 0.15) is 0 Å². The van der Waals surface area contributed by atoms with Gasteiger partial charge in [-0.1, -0.05) is 55.0 Å². The minimum Gasteiger partial charge on any atom is -0.465 e. The first-order chi connectivity index (χ1) is 12.5. The molecule has 1 rings (SSSR count). The van der Waals surface area contributed by atoms with Gasteiger partial charge in [-0.3, -0.25) is 9.59 Å². The van der Waals surface area contributed by atoms with Crippen LogP contribution in [0.2, 0.25) is 0 Å². The topological polar surface area (TPSA) is 52.6 Å². The molecule has 4 heteroatoms. The zero-order chi connectivity index (χ0) is 19.4. The lowest BCUT2D eigenvalue weighted by Gasteiger charge is -2.12. The molecule has 0 amide bonds. The molecule has 0 saturated heterocycles. The van der Waals surface area contributed by atoms with Crippen molar-refractivity contribution < 1.29 is 19.1 Å². The number of rotatable bonds is 10. The third kappa shape index (κ3) is 6.87. The minimum absolute atomic E-state index is 0.247. The Morgan fingerprint density at radius 1 is 0.962 bits per heavy atom. The fourth-order valence-corrected chi connectivity index (χ4v) is 2.69. The van der Waals surface area contributed by atoms with E-state index in [9.17, 15) is 9.59 Å². The average molecular weight is 358 g/mol. The number of carbonyl (C=O) groups is 2. The van der Waals surface area contributed by atoms with Crippen LogP contribution in [0, 0.1) is 5.92 Å². The van der Waals surface area contributed by atoms with Crippen LogP contribution < -0.4 is 0 Å². The monoisotopic (exact) mass is 358 g/mol. The highest BCUT2D eigenvalue weighted by atomic mass is 16.6. The van der Waals surface area contributed by atoms with Crippen molar-refractivity contribution in [3.63, 3.8) is 0 Å². The predicted octanol–water partition coefficient (Wildman–Crippen LogP) is 4.95. The SMILES string of the molecule is CCOC(=O)C(C/C=C/C/C(CC)=C(\C)c1ccccc1)C(=O)OCC. The van der Waals surface area contributed by atoms with Crippen LogP contribution in [-0.4, -0.2) is 25.2 Å². The highest BCUT2D eigenvalue weighted by Crippen LogP contribution is 2.23. The second-order valence-corrected chi connectivity index (χ2v) is 5.92. The van der Waals surface area contributed by atoms with E-state index in [1.165, 1.54) is 16.7 Å². The van der Waals surface area contributed by atoms with E-state index in [4.69, 9.17) is 9.47 Å². The number of carbonyl (C=O) groups excluding carboxylic acids is 2. The third-order valence-electron chi connectivity index (χ3n) is 4.21. The van der Waals surface area contributed by atoms with Gasteiger partial charge in [-0.2, -0.15) is 0 Å². The zero-order valence-corrected chi connectivity index (χ0v) is 16.3. The molecule has 0 saturated carbocycles. The number of allylic oxidation sites excluding steroid dienone is 4. The largest absolute Gasteiger partial charge is 0.465 e. The molecule has 4 nitrogen and oxygen atoms in total. The summed E-state index contributed by atoms with van der Waals surface area (Å²) in [5.74, 6) is -1.94. The summed E-state index contributed by atoms with van der Waals surface area (Å²) in [6.07, 6.45) is 5.90. The van der Waals surface area contributed by atoms with E-state index < -0.39 is 17.9 Å². The maximum Gasteiger partial charge on any atom is 0.320 e. The Morgan fingerprint density at radius 2 is 1.54 bits per heavy atom. The van der Waals surface area contributed by atoms with E-state index in [-0.39, 0.29) is 13.2 Å². The molecule has 0 heterocycles. The van der Waals surface area contributed by atoms with E-state index in [2.05, 4.69) is 26.0 Å². The maximum absolute atomic E-state index is 12.0. The number of benzene rings is 1. The molecule has 0 aliphatic heterocycles. The Bertz CT molecular complexity index is 611. The number of ether oxygens (including phenoxy) is 2. The summed E-state index contributed by atoms with van der Waals surface area (Å²) in [6.45, 7) is 8.20. The van der Waals surface area contributed by atoms with Gasteiger partial charge < -0.3 is 9.47 Å². The predicted molar refractivity (Wildman–Crippen MR) is 104 cm³/mol. The molecule has 0 radical (unpaired) electrons. The fraction of sp³-hybridized carbons (Fsp3) is 0.455. The molecule has 142 valence electrons. The van der Waals surface area contributed by atoms with Gasteiger partial charge in [-0.25, -0.2) is 0 Å². The quantitative estimate of drug-likeness (QED) is 0.337. The molecule has 0 spiro atoms. The summed E-state index contributed by atoms with van der Waals surface area (Å²) >= 11 is 0. The molecule has 0 bridgehead atoms. The highest BCUT2D eigenvalue weighted by molar-refractivity contribution is 5.95. The van der Waals surface area contributed by atoms with Crippen molar-refractivity contribution in [3.8, 4) is 0 Å². The Labute approximate surface area is 156 Å². The summed E-state index contributed by atoms with van der Waals surface area (Å²) in [5, 5.41) is 0. The second kappa shape index (κ2) is 12.1. The van der Waals surface area contributed by atoms with Gasteiger partial charge in [-0.05, 0) is 51.2 Å². The smallest absolute Gasteiger partial charge is 0.320 e. The Hall–Kier alpha value is -2.36. The van der Waals surface area contributed by atoms with Gasteiger partial charge in [-0.15, -0.1) is 0 Å². The molecule has 0 N–H and O–H groups in total. The van der Waals surface area contributed by atoms with Crippen molar-refractivity contribution in [2.75, 3.05) is 13.2 Å². The van der Waals surface area contributed by atoms with E-state index in [0.29, 0.717) is 6.42 Å². The number of hydrogen-bond acceptors (Lipinski definition) is 4. The second-order valence-electron chi connectivity index (χ2n) is 5.92. The van der Waals surface area contributed by atoms with Gasteiger partial charge in [0.2, 0.25) is 0 Å². The van der Waals surface area contributed by atoms with E-state index in [0.717, 1.165) is 12.8 Å². The molecule has 0 atom stereocenters. The van der Waals surface area contributed by atoms with Crippen molar-refractivity contribution in [2.45, 2.75) is 47.0 Å². The maximum atomic E-state index is 12.0. The van der Waals surface area contributed by atoms with E-state index in [1.54, 1.807) is 13.8 Å². The molecule has 0 aliphatic carbocycles. The summed E-state index contributed by atoms with van der Waals surface area (Å²) in [7, 11) is 0. The normalized spacial score (nSPS) is 12.2. The highest BCUT2D eigenvalue weighted by Gasteiger charge is 2.28. The van der Waals surface area contributed by atoms with Crippen LogP contribution >= 0.6 is 0 Å². The molecular weight excluding hydrogens is 328 g/mol. The van der Waals surface area contributed by atoms with E-state index in [1.807, 2.05) is 30.4 Å². The van der Waals surface area contributed by atoms with Crippen LogP contribution in [0.25, 0.3) is 5.57 Å². The van der Waals surface area contributed by atoms with E-state index >= 15 is 0 Å². The van der Waals surface area contributed by atoms with Gasteiger partial charge >= 0.3 is 11.9 Å². The van der Waals surface area contributed by atoms with Gasteiger partial charge in [0.05, 0.1) is 13.2 Å². The lowest BCUT2D eigenvalue weighted by atomic mass is 9.97. The Morgan fingerprint density at radius 3 is 2.04 bits per heavy atom. The Balaban J connectivity index is 2.77. The molecule has 0 aromatic heterocycles. The third-order valence-corrected chi connectivity index (χ3v) is 4.21.